The van der Waals surface area contributed by atoms with Gasteiger partial charge in [-0.15, -0.1) is 10.2 Å². The molecule has 1 saturated carbocycles. The normalized spacial score (nSPS) is 22.0. The molecule has 1 aliphatic carbocycles. The minimum atomic E-state index is -1.34. The predicted octanol–water partition coefficient (Wildman–Crippen LogP) is 4.95. The second-order valence-corrected chi connectivity index (χ2v) is 11.8. The highest BCUT2D eigenvalue weighted by Gasteiger charge is 2.54. The molecule has 194 valence electrons. The molecule has 0 bridgehead atoms. The van der Waals surface area contributed by atoms with Crippen LogP contribution in [0.1, 0.15) is 41.5 Å². The number of nitrogens with zero attached hydrogens (tertiary/aromatic N) is 5. The Kier molecular flexibility index (Phi) is 5.20. The molecule has 6 nitrogen and oxygen atoms in total. The number of hydrogen-bond acceptors (Lipinski definition) is 5. The summed E-state index contributed by atoms with van der Waals surface area (Å²) in [5.74, 6) is 0.938. The highest BCUT2D eigenvalue weighted by Crippen LogP contribution is 2.57. The molecule has 3 aliphatic heterocycles. The molecule has 37 heavy (non-hydrogen) atoms. The van der Waals surface area contributed by atoms with Gasteiger partial charge in [0.1, 0.15) is 11.6 Å². The maximum absolute atomic E-state index is 14.9. The molecule has 1 aromatic heterocycles. The highest BCUT2D eigenvalue weighted by molar-refractivity contribution is 6.30. The lowest BCUT2D eigenvalue weighted by molar-refractivity contribution is -0.142. The third-order valence-corrected chi connectivity index (χ3v) is 8.68. The first kappa shape index (κ1) is 23.5. The Morgan fingerprint density at radius 3 is 2.54 bits per heavy atom. The van der Waals surface area contributed by atoms with E-state index in [2.05, 4.69) is 19.7 Å². The van der Waals surface area contributed by atoms with Gasteiger partial charge in [0.05, 0.1) is 31.1 Å². The summed E-state index contributed by atoms with van der Waals surface area (Å²) in [5.41, 5.74) is 1.30. The molecule has 0 unspecified atom stereocenters. The quantitative estimate of drug-likeness (QED) is 0.479. The van der Waals surface area contributed by atoms with E-state index in [-0.39, 0.29) is 36.7 Å². The van der Waals surface area contributed by atoms with Crippen LogP contribution >= 0.6 is 11.6 Å². The molecular weight excluding hydrogens is 503 g/mol. The Labute approximate surface area is 218 Å². The van der Waals surface area contributed by atoms with Crippen LogP contribution in [0.2, 0.25) is 5.02 Å². The van der Waals surface area contributed by atoms with E-state index in [1.165, 1.54) is 19.1 Å². The van der Waals surface area contributed by atoms with Gasteiger partial charge in [0.25, 0.3) is 0 Å². The van der Waals surface area contributed by atoms with E-state index in [4.69, 9.17) is 16.3 Å². The van der Waals surface area contributed by atoms with Gasteiger partial charge >= 0.3 is 0 Å². The van der Waals surface area contributed by atoms with Crippen molar-refractivity contribution in [2.45, 2.75) is 44.4 Å². The average molecular weight is 530 g/mol. The van der Waals surface area contributed by atoms with E-state index in [0.29, 0.717) is 23.8 Å². The maximum atomic E-state index is 14.9. The summed E-state index contributed by atoms with van der Waals surface area (Å²) < 4.78 is 50.5. The number of benzene rings is 2. The van der Waals surface area contributed by atoms with Crippen LogP contribution in [0.25, 0.3) is 5.69 Å². The summed E-state index contributed by atoms with van der Waals surface area (Å²) in [5, 5.41) is 9.78. The summed E-state index contributed by atoms with van der Waals surface area (Å²) >= 11 is 6.34. The fraction of sp³-hybridized carbons (Fsp3) is 0.481. The first-order chi connectivity index (χ1) is 17.7. The van der Waals surface area contributed by atoms with Crippen LogP contribution in [-0.2, 0) is 17.8 Å². The molecule has 0 N–H and O–H groups in total. The lowest BCUT2D eigenvalue weighted by Gasteiger charge is -2.59. The maximum Gasteiger partial charge on any atom is 0.169 e. The monoisotopic (exact) mass is 529 g/mol. The Morgan fingerprint density at radius 2 is 1.81 bits per heavy atom. The molecule has 2 saturated heterocycles. The molecule has 4 heterocycles. The third kappa shape index (κ3) is 3.77. The second kappa shape index (κ2) is 8.19. The number of ether oxygens (including phenoxy) is 1. The minimum Gasteiger partial charge on any atom is -0.375 e. The predicted molar refractivity (Wildman–Crippen MR) is 133 cm³/mol. The summed E-state index contributed by atoms with van der Waals surface area (Å²) in [6, 6.07) is 8.67. The van der Waals surface area contributed by atoms with Crippen molar-refractivity contribution in [1.82, 2.24) is 19.7 Å². The molecule has 0 atom stereocenters. The number of fused-ring (bicyclic) bond motifs is 3. The van der Waals surface area contributed by atoms with Gasteiger partial charge in [0.15, 0.2) is 17.3 Å². The molecule has 0 amide bonds. The van der Waals surface area contributed by atoms with E-state index < -0.39 is 17.3 Å². The van der Waals surface area contributed by atoms with Crippen LogP contribution in [0.5, 0.6) is 0 Å². The van der Waals surface area contributed by atoms with Crippen molar-refractivity contribution in [1.29, 1.82) is 0 Å². The molecule has 4 aliphatic rings. The summed E-state index contributed by atoms with van der Waals surface area (Å²) in [7, 11) is 0. The number of anilines is 1. The van der Waals surface area contributed by atoms with E-state index >= 15 is 0 Å². The number of aromatic nitrogens is 3. The van der Waals surface area contributed by atoms with Crippen molar-refractivity contribution in [3.05, 3.63) is 69.8 Å². The van der Waals surface area contributed by atoms with Gasteiger partial charge in [-0.25, -0.2) is 13.2 Å². The van der Waals surface area contributed by atoms with E-state index in [0.717, 1.165) is 48.8 Å². The second-order valence-electron chi connectivity index (χ2n) is 11.3. The summed E-state index contributed by atoms with van der Waals surface area (Å²) in [6.07, 6.45) is 1.86. The van der Waals surface area contributed by atoms with Crippen LogP contribution < -0.4 is 4.90 Å². The van der Waals surface area contributed by atoms with Gasteiger partial charge in [0, 0.05) is 48.1 Å². The van der Waals surface area contributed by atoms with Gasteiger partial charge in [-0.05, 0) is 55.7 Å². The van der Waals surface area contributed by atoms with E-state index in [1.54, 1.807) is 0 Å². The van der Waals surface area contributed by atoms with Gasteiger partial charge < -0.3 is 9.64 Å². The molecule has 0 radical (unpaired) electrons. The Balaban J connectivity index is 1.12. The van der Waals surface area contributed by atoms with Gasteiger partial charge in [0.2, 0.25) is 0 Å². The van der Waals surface area contributed by atoms with Crippen LogP contribution in [0.15, 0.2) is 30.3 Å². The van der Waals surface area contributed by atoms with Crippen molar-refractivity contribution in [3.63, 3.8) is 0 Å². The number of halogens is 4. The van der Waals surface area contributed by atoms with Crippen molar-refractivity contribution >= 4 is 17.3 Å². The lowest BCUT2D eigenvalue weighted by atomic mass is 9.57. The van der Waals surface area contributed by atoms with Crippen LogP contribution in [-0.4, -0.2) is 58.2 Å². The molecule has 2 aromatic carbocycles. The largest absolute Gasteiger partial charge is 0.375 e. The third-order valence-electron chi connectivity index (χ3n) is 8.44. The summed E-state index contributed by atoms with van der Waals surface area (Å²) in [6.45, 7) is 4.51. The van der Waals surface area contributed by atoms with Crippen LogP contribution in [0, 0.1) is 24.0 Å². The molecule has 3 fully saturated rings. The Morgan fingerprint density at radius 1 is 1.05 bits per heavy atom. The van der Waals surface area contributed by atoms with Crippen molar-refractivity contribution in [2.75, 3.05) is 37.7 Å². The number of rotatable bonds is 4. The lowest BCUT2D eigenvalue weighted by Crippen LogP contribution is -2.62. The van der Waals surface area contributed by atoms with Gasteiger partial charge in [-0.2, -0.15) is 0 Å². The standard InChI is InChI=1S/C27H27ClF3N5O/c1-16-20(29)3-5-22(24(16)30)35-11-26(12-35)7-18(8-26)25-33-32-23-10-34(13-27(31)14-37-15-27)9-17-6-19(28)2-4-21(17)36(23)25/h2-6,18H,7-15H2,1H3. The van der Waals surface area contributed by atoms with Gasteiger partial charge in [-0.3, -0.25) is 9.47 Å². The van der Waals surface area contributed by atoms with Crippen molar-refractivity contribution in [3.8, 4) is 5.69 Å². The minimum absolute atomic E-state index is 0.0624. The zero-order valence-electron chi connectivity index (χ0n) is 20.5. The fourth-order valence-corrected chi connectivity index (χ4v) is 6.73. The fourth-order valence-electron chi connectivity index (χ4n) is 6.53. The summed E-state index contributed by atoms with van der Waals surface area (Å²) in [4.78, 5) is 4.05. The SMILES string of the molecule is Cc1c(F)ccc(N2CC3(CC(c4nnc5n4-c4ccc(Cl)cc4CN(CC4(F)COC4)C5)C3)C2)c1F. The Bertz CT molecular complexity index is 1390. The molecule has 10 heteroatoms. The Hall–Kier alpha value is -2.62. The van der Waals surface area contributed by atoms with Crippen LogP contribution in [0.3, 0.4) is 0 Å². The van der Waals surface area contributed by atoms with Gasteiger partial charge in [-0.1, -0.05) is 11.6 Å². The molecule has 1 spiro atoms. The first-order valence-corrected chi connectivity index (χ1v) is 13.0. The number of alkyl halides is 1. The molecule has 3 aromatic rings. The number of hydrogen-bond donors (Lipinski definition) is 0. The van der Waals surface area contributed by atoms with Crippen LogP contribution in [0.4, 0.5) is 18.9 Å². The van der Waals surface area contributed by atoms with E-state index in [1.807, 2.05) is 23.1 Å². The zero-order valence-corrected chi connectivity index (χ0v) is 21.2. The van der Waals surface area contributed by atoms with Crippen molar-refractivity contribution < 1.29 is 17.9 Å². The van der Waals surface area contributed by atoms with Crippen molar-refractivity contribution in [2.24, 2.45) is 5.41 Å². The average Bonchev–Trinajstić information content (AvgIpc) is 3.12. The molecule has 7 rings (SSSR count). The molecular formula is C27H27ClF3N5O. The first-order valence-electron chi connectivity index (χ1n) is 12.6. The van der Waals surface area contributed by atoms with E-state index in [9.17, 15) is 13.2 Å². The highest BCUT2D eigenvalue weighted by atomic mass is 35.5. The topological polar surface area (TPSA) is 46.4 Å². The smallest absolute Gasteiger partial charge is 0.169 e. The zero-order chi connectivity index (χ0) is 25.5.